The fraction of sp³-hybridized carbons (Fsp3) is 0.766. The highest BCUT2D eigenvalue weighted by Crippen LogP contribution is 2.16. The molecule has 0 fully saturated rings. The second-order valence-electron chi connectivity index (χ2n) is 19.9. The Morgan fingerprint density at radius 2 is 0.557 bits per heavy atom. The molecule has 70 heavy (non-hydrogen) atoms. The Hall–Kier alpha value is -3.15. The Morgan fingerprint density at radius 3 is 0.886 bits per heavy atom. The Labute approximate surface area is 433 Å². The summed E-state index contributed by atoms with van der Waals surface area (Å²) in [4.78, 5) is 38.0. The van der Waals surface area contributed by atoms with E-state index in [4.69, 9.17) is 14.2 Å². The van der Waals surface area contributed by atoms with Gasteiger partial charge in [0.05, 0.1) is 0 Å². The fourth-order valence-electron chi connectivity index (χ4n) is 8.47. The van der Waals surface area contributed by atoms with E-state index in [1.807, 2.05) is 0 Å². The summed E-state index contributed by atoms with van der Waals surface area (Å²) in [6, 6.07) is 0. The minimum absolute atomic E-state index is 0.0756. The first-order chi connectivity index (χ1) is 34.5. The molecule has 0 aliphatic rings. The maximum absolute atomic E-state index is 12.8. The van der Waals surface area contributed by atoms with Crippen LogP contribution in [0.15, 0.2) is 72.9 Å². The Balaban J connectivity index is 4.15. The van der Waals surface area contributed by atoms with Gasteiger partial charge < -0.3 is 14.2 Å². The fourth-order valence-corrected chi connectivity index (χ4v) is 8.47. The van der Waals surface area contributed by atoms with Crippen molar-refractivity contribution in [2.75, 3.05) is 13.2 Å². The number of carbonyl (C=O) groups excluding carboxylic acids is 3. The summed E-state index contributed by atoms with van der Waals surface area (Å²) in [6.45, 7) is 6.50. The average molecular weight is 978 g/mol. The quantitative estimate of drug-likeness (QED) is 0.0261. The highest BCUT2D eigenvalue weighted by Gasteiger charge is 2.19. The van der Waals surface area contributed by atoms with Crippen molar-refractivity contribution < 1.29 is 28.6 Å². The summed E-state index contributed by atoms with van der Waals surface area (Å²) in [6.07, 6.45) is 74.9. The lowest BCUT2D eigenvalue weighted by Crippen LogP contribution is -2.30. The van der Waals surface area contributed by atoms with Crippen molar-refractivity contribution in [3.05, 3.63) is 72.9 Å². The van der Waals surface area contributed by atoms with Crippen LogP contribution in [0.25, 0.3) is 0 Å². The predicted molar refractivity (Wildman–Crippen MR) is 302 cm³/mol. The molecule has 0 amide bonds. The second kappa shape index (κ2) is 58.4. The third-order valence-electron chi connectivity index (χ3n) is 12.9. The number of hydrogen-bond donors (Lipinski definition) is 0. The largest absolute Gasteiger partial charge is 0.462 e. The maximum atomic E-state index is 12.8. The van der Waals surface area contributed by atoms with Crippen LogP contribution >= 0.6 is 0 Å². The van der Waals surface area contributed by atoms with Crippen LogP contribution < -0.4 is 0 Å². The van der Waals surface area contributed by atoms with Gasteiger partial charge in [-0.05, 0) is 89.9 Å². The lowest BCUT2D eigenvalue weighted by molar-refractivity contribution is -0.167. The zero-order valence-corrected chi connectivity index (χ0v) is 46.3. The van der Waals surface area contributed by atoms with Crippen LogP contribution in [-0.2, 0) is 28.6 Å². The van der Waals surface area contributed by atoms with Gasteiger partial charge in [0.2, 0.25) is 0 Å². The SMILES string of the molecule is CC/C=C\C/C=C\C/C=C\C/C=C\C/C=C\CCCCCCCCCCCCCC(=O)OCC(COC(=O)CCCCCCCCC)OC(=O)CCCCCCCCC/C=C\CCCCCCCCC. The molecular weight excluding hydrogens is 865 g/mol. The molecule has 0 spiro atoms. The molecule has 6 nitrogen and oxygen atoms in total. The van der Waals surface area contributed by atoms with Gasteiger partial charge >= 0.3 is 17.9 Å². The normalized spacial score (nSPS) is 12.6. The van der Waals surface area contributed by atoms with E-state index in [9.17, 15) is 14.4 Å². The number of unbranched alkanes of at least 4 members (excludes halogenated alkanes) is 31. The molecule has 404 valence electrons. The van der Waals surface area contributed by atoms with Crippen LogP contribution in [0.4, 0.5) is 0 Å². The van der Waals surface area contributed by atoms with E-state index in [0.717, 1.165) is 89.9 Å². The number of hydrogen-bond acceptors (Lipinski definition) is 6. The number of esters is 3. The smallest absolute Gasteiger partial charge is 0.306 e. The van der Waals surface area contributed by atoms with Crippen LogP contribution in [0.1, 0.15) is 297 Å². The molecule has 0 radical (unpaired) electrons. The van der Waals surface area contributed by atoms with Gasteiger partial charge in [-0.3, -0.25) is 14.4 Å². The highest BCUT2D eigenvalue weighted by molar-refractivity contribution is 5.71. The van der Waals surface area contributed by atoms with Gasteiger partial charge in [-0.2, -0.15) is 0 Å². The maximum Gasteiger partial charge on any atom is 0.306 e. The lowest BCUT2D eigenvalue weighted by Gasteiger charge is -2.18. The molecule has 6 heteroatoms. The monoisotopic (exact) mass is 977 g/mol. The number of rotatable bonds is 54. The van der Waals surface area contributed by atoms with Crippen LogP contribution in [0.5, 0.6) is 0 Å². The Kier molecular flexibility index (Phi) is 55.8. The molecule has 0 aliphatic carbocycles. The van der Waals surface area contributed by atoms with E-state index in [1.165, 1.54) is 167 Å². The van der Waals surface area contributed by atoms with Gasteiger partial charge in [0, 0.05) is 19.3 Å². The standard InChI is InChI=1S/C64H112O6/c1-4-7-10-13-16-18-20-22-24-26-28-29-30-31-32-33-34-35-36-38-39-41-43-45-48-51-54-57-63(66)69-60-61(59-68-62(65)56-53-50-47-15-12-9-6-3)70-64(67)58-55-52-49-46-44-42-40-37-27-25-23-21-19-17-14-11-8-5-2/h7,10,16,18,22,24-25,27-29,31-32,61H,4-6,8-9,11-15,17,19-21,23,26,30,33-60H2,1-3H3/b10-7-,18-16-,24-22-,27-25-,29-28-,32-31-. The van der Waals surface area contributed by atoms with E-state index in [1.54, 1.807) is 0 Å². The third-order valence-corrected chi connectivity index (χ3v) is 12.9. The third kappa shape index (κ3) is 55.8. The summed E-state index contributed by atoms with van der Waals surface area (Å²) >= 11 is 0. The summed E-state index contributed by atoms with van der Waals surface area (Å²) in [7, 11) is 0. The van der Waals surface area contributed by atoms with Crippen LogP contribution in [-0.4, -0.2) is 37.2 Å². The molecule has 0 aromatic rings. The summed E-state index contributed by atoms with van der Waals surface area (Å²) in [5.41, 5.74) is 0. The molecule has 0 saturated heterocycles. The molecule has 0 saturated carbocycles. The van der Waals surface area contributed by atoms with Crippen LogP contribution in [0, 0.1) is 0 Å². The summed E-state index contributed by atoms with van der Waals surface area (Å²) in [5, 5.41) is 0. The van der Waals surface area contributed by atoms with E-state index in [-0.39, 0.29) is 31.1 Å². The number of allylic oxidation sites excluding steroid dienone is 12. The van der Waals surface area contributed by atoms with Crippen molar-refractivity contribution in [1.29, 1.82) is 0 Å². The lowest BCUT2D eigenvalue weighted by atomic mass is 10.0. The molecule has 0 rings (SSSR count). The zero-order valence-electron chi connectivity index (χ0n) is 46.3. The molecule has 0 heterocycles. The second-order valence-corrected chi connectivity index (χ2v) is 19.9. The molecule has 0 bridgehead atoms. The van der Waals surface area contributed by atoms with Gasteiger partial charge in [0.1, 0.15) is 13.2 Å². The van der Waals surface area contributed by atoms with E-state index in [2.05, 4.69) is 93.7 Å². The first-order valence-corrected chi connectivity index (χ1v) is 29.9. The minimum Gasteiger partial charge on any atom is -0.462 e. The molecule has 1 unspecified atom stereocenters. The molecule has 0 aromatic heterocycles. The van der Waals surface area contributed by atoms with E-state index < -0.39 is 6.10 Å². The summed E-state index contributed by atoms with van der Waals surface area (Å²) in [5.74, 6) is -0.880. The van der Waals surface area contributed by atoms with Gasteiger partial charge in [-0.15, -0.1) is 0 Å². The molecule has 1 atom stereocenters. The average Bonchev–Trinajstić information content (AvgIpc) is 3.36. The topological polar surface area (TPSA) is 78.9 Å². The molecule has 0 N–H and O–H groups in total. The molecule has 0 aromatic carbocycles. The highest BCUT2D eigenvalue weighted by atomic mass is 16.6. The number of carbonyl (C=O) groups is 3. The van der Waals surface area contributed by atoms with E-state index >= 15 is 0 Å². The van der Waals surface area contributed by atoms with Gasteiger partial charge in [-0.1, -0.05) is 261 Å². The zero-order chi connectivity index (χ0) is 50.7. The summed E-state index contributed by atoms with van der Waals surface area (Å²) < 4.78 is 16.8. The van der Waals surface area contributed by atoms with Crippen molar-refractivity contribution in [2.24, 2.45) is 0 Å². The van der Waals surface area contributed by atoms with Crippen molar-refractivity contribution >= 4 is 17.9 Å². The van der Waals surface area contributed by atoms with Crippen molar-refractivity contribution in [3.63, 3.8) is 0 Å². The van der Waals surface area contributed by atoms with Crippen molar-refractivity contribution in [2.45, 2.75) is 303 Å². The van der Waals surface area contributed by atoms with Gasteiger partial charge in [0.25, 0.3) is 0 Å². The van der Waals surface area contributed by atoms with Crippen LogP contribution in [0.2, 0.25) is 0 Å². The number of ether oxygens (including phenoxy) is 3. The van der Waals surface area contributed by atoms with Crippen molar-refractivity contribution in [1.82, 2.24) is 0 Å². The predicted octanol–water partition coefficient (Wildman–Crippen LogP) is 20.2. The van der Waals surface area contributed by atoms with Gasteiger partial charge in [-0.25, -0.2) is 0 Å². The van der Waals surface area contributed by atoms with Gasteiger partial charge in [0.15, 0.2) is 6.10 Å². The van der Waals surface area contributed by atoms with Crippen LogP contribution in [0.3, 0.4) is 0 Å². The van der Waals surface area contributed by atoms with E-state index in [0.29, 0.717) is 19.3 Å². The molecule has 0 aliphatic heterocycles. The first-order valence-electron chi connectivity index (χ1n) is 29.9. The van der Waals surface area contributed by atoms with Crippen molar-refractivity contribution in [3.8, 4) is 0 Å². The first kappa shape index (κ1) is 66.9. The Bertz CT molecular complexity index is 1310. The molecular formula is C64H112O6. The minimum atomic E-state index is -0.775. The Morgan fingerprint density at radius 1 is 0.300 bits per heavy atom.